The highest BCUT2D eigenvalue weighted by molar-refractivity contribution is 8.19. The summed E-state index contributed by atoms with van der Waals surface area (Å²) in [7, 11) is 0. The van der Waals surface area contributed by atoms with E-state index < -0.39 is 11.1 Å². The average Bonchev–Trinajstić information content (AvgIpc) is 3.22. The fourth-order valence-corrected chi connectivity index (χ4v) is 3.97. The molecule has 0 spiro atoms. The summed E-state index contributed by atoms with van der Waals surface area (Å²) in [5, 5.41) is 0.916. The quantitative estimate of drug-likeness (QED) is 0.398. The molecule has 2 heterocycles. The van der Waals surface area contributed by atoms with Crippen LogP contribution in [0.2, 0.25) is 15.1 Å². The van der Waals surface area contributed by atoms with Gasteiger partial charge in [-0.3, -0.25) is 9.59 Å². The molecule has 1 aromatic heterocycles. The van der Waals surface area contributed by atoms with Crippen molar-refractivity contribution in [3.05, 3.63) is 80.3 Å². The first kappa shape index (κ1) is 19.2. The fourth-order valence-electron chi connectivity index (χ4n) is 2.67. The molecular formula is C20H10Cl3NO3S. The Hall–Kier alpha value is -2.18. The van der Waals surface area contributed by atoms with E-state index in [9.17, 15) is 9.59 Å². The van der Waals surface area contributed by atoms with Gasteiger partial charge in [-0.2, -0.15) is 0 Å². The number of halogens is 3. The molecule has 4 rings (SSSR count). The number of nitrogens with zero attached hydrogens (tertiary/aromatic N) is 1. The van der Waals surface area contributed by atoms with Crippen LogP contribution in [0.1, 0.15) is 5.76 Å². The van der Waals surface area contributed by atoms with Crippen molar-refractivity contribution in [2.24, 2.45) is 0 Å². The number of benzene rings is 2. The molecule has 8 heteroatoms. The minimum absolute atomic E-state index is 0.264. The van der Waals surface area contributed by atoms with Crippen molar-refractivity contribution in [1.82, 2.24) is 0 Å². The summed E-state index contributed by atoms with van der Waals surface area (Å²) in [4.78, 5) is 26.4. The number of anilines is 1. The lowest BCUT2D eigenvalue weighted by molar-refractivity contribution is -0.113. The molecule has 1 fully saturated rings. The molecule has 0 aliphatic carbocycles. The van der Waals surface area contributed by atoms with Gasteiger partial charge < -0.3 is 4.42 Å². The number of hydrogen-bond acceptors (Lipinski definition) is 4. The molecule has 1 aliphatic rings. The number of hydrogen-bond donors (Lipinski definition) is 0. The van der Waals surface area contributed by atoms with E-state index in [2.05, 4.69) is 0 Å². The van der Waals surface area contributed by atoms with Gasteiger partial charge in [0, 0.05) is 16.7 Å². The van der Waals surface area contributed by atoms with Crippen LogP contribution in [0.15, 0.2) is 63.9 Å². The largest absolute Gasteiger partial charge is 0.457 e. The van der Waals surface area contributed by atoms with Gasteiger partial charge in [0.25, 0.3) is 11.1 Å². The van der Waals surface area contributed by atoms with Crippen molar-refractivity contribution in [3.63, 3.8) is 0 Å². The Morgan fingerprint density at radius 3 is 2.50 bits per heavy atom. The Bertz CT molecular complexity index is 1140. The summed E-state index contributed by atoms with van der Waals surface area (Å²) < 4.78 is 5.78. The van der Waals surface area contributed by atoms with Crippen molar-refractivity contribution >= 4 is 69.5 Å². The Balaban J connectivity index is 1.61. The van der Waals surface area contributed by atoms with Crippen LogP contribution in [0.4, 0.5) is 10.5 Å². The summed E-state index contributed by atoms with van der Waals surface area (Å²) in [6.07, 6.45) is 1.54. The van der Waals surface area contributed by atoms with Crippen LogP contribution in [-0.2, 0) is 4.79 Å². The summed E-state index contributed by atoms with van der Waals surface area (Å²) in [6.45, 7) is 0. The summed E-state index contributed by atoms with van der Waals surface area (Å²) in [5.41, 5.74) is 1.18. The molecule has 3 aromatic rings. The van der Waals surface area contributed by atoms with Gasteiger partial charge in [0.15, 0.2) is 0 Å². The first-order valence-electron chi connectivity index (χ1n) is 8.01. The molecule has 0 radical (unpaired) electrons. The maximum Gasteiger partial charge on any atom is 0.298 e. The molecule has 0 bridgehead atoms. The van der Waals surface area contributed by atoms with Crippen LogP contribution in [-0.4, -0.2) is 11.1 Å². The van der Waals surface area contributed by atoms with Crippen molar-refractivity contribution in [3.8, 4) is 11.3 Å². The number of amides is 2. The highest BCUT2D eigenvalue weighted by Crippen LogP contribution is 2.37. The van der Waals surface area contributed by atoms with Crippen LogP contribution in [0.25, 0.3) is 17.4 Å². The maximum atomic E-state index is 12.7. The zero-order valence-corrected chi connectivity index (χ0v) is 17.1. The maximum absolute atomic E-state index is 12.7. The number of imide groups is 1. The Labute approximate surface area is 179 Å². The molecule has 140 valence electrons. The van der Waals surface area contributed by atoms with Crippen LogP contribution in [0.5, 0.6) is 0 Å². The van der Waals surface area contributed by atoms with Crippen LogP contribution in [0, 0.1) is 0 Å². The van der Waals surface area contributed by atoms with E-state index in [1.165, 1.54) is 6.08 Å². The standard InChI is InChI=1S/C20H10Cl3NO3S/c21-12-2-1-3-13(9-12)24-19(25)18(28-20(24)26)10-14-5-7-17(27-14)11-4-6-15(22)16(23)8-11/h1-10H. The zero-order valence-electron chi connectivity index (χ0n) is 14.0. The topological polar surface area (TPSA) is 50.5 Å². The molecular weight excluding hydrogens is 441 g/mol. The van der Waals surface area contributed by atoms with E-state index in [4.69, 9.17) is 39.2 Å². The van der Waals surface area contributed by atoms with Gasteiger partial charge in [-0.15, -0.1) is 0 Å². The lowest BCUT2D eigenvalue weighted by atomic mass is 10.2. The summed E-state index contributed by atoms with van der Waals surface area (Å²) in [5.74, 6) is 0.585. The third kappa shape index (κ3) is 3.71. The first-order chi connectivity index (χ1) is 13.4. The van der Waals surface area contributed by atoms with E-state index in [0.717, 1.165) is 22.2 Å². The Kier molecular flexibility index (Phi) is 5.25. The summed E-state index contributed by atoms with van der Waals surface area (Å²) >= 11 is 18.8. The number of rotatable bonds is 3. The van der Waals surface area contributed by atoms with Gasteiger partial charge in [0.05, 0.1) is 20.6 Å². The second-order valence-electron chi connectivity index (χ2n) is 5.83. The lowest BCUT2D eigenvalue weighted by Crippen LogP contribution is -2.27. The van der Waals surface area contributed by atoms with Gasteiger partial charge in [-0.1, -0.05) is 40.9 Å². The van der Waals surface area contributed by atoms with Crippen LogP contribution >= 0.6 is 46.6 Å². The number of thioether (sulfide) groups is 1. The number of carbonyl (C=O) groups is 2. The third-order valence-electron chi connectivity index (χ3n) is 3.96. The molecule has 0 saturated carbocycles. The second-order valence-corrected chi connectivity index (χ2v) is 8.07. The van der Waals surface area contributed by atoms with E-state index >= 15 is 0 Å². The highest BCUT2D eigenvalue weighted by Gasteiger charge is 2.36. The molecule has 0 N–H and O–H groups in total. The number of furan rings is 1. The SMILES string of the molecule is O=C1SC(=Cc2ccc(-c3ccc(Cl)c(Cl)c3)o2)C(=O)N1c1cccc(Cl)c1. The van der Waals surface area contributed by atoms with Gasteiger partial charge >= 0.3 is 0 Å². The Morgan fingerprint density at radius 1 is 0.929 bits per heavy atom. The minimum Gasteiger partial charge on any atom is -0.457 e. The smallest absolute Gasteiger partial charge is 0.298 e. The molecule has 1 aliphatic heterocycles. The molecule has 2 aromatic carbocycles. The van der Waals surface area contributed by atoms with Crippen molar-refractivity contribution < 1.29 is 14.0 Å². The van der Waals surface area contributed by atoms with E-state index in [1.54, 1.807) is 54.6 Å². The molecule has 28 heavy (non-hydrogen) atoms. The minimum atomic E-state index is -0.426. The average molecular weight is 451 g/mol. The van der Waals surface area contributed by atoms with Crippen LogP contribution < -0.4 is 4.90 Å². The summed E-state index contributed by atoms with van der Waals surface area (Å²) in [6, 6.07) is 15.2. The predicted molar refractivity (Wildman–Crippen MR) is 114 cm³/mol. The van der Waals surface area contributed by atoms with E-state index in [-0.39, 0.29) is 4.91 Å². The lowest BCUT2D eigenvalue weighted by Gasteiger charge is -2.12. The van der Waals surface area contributed by atoms with Crippen molar-refractivity contribution in [1.29, 1.82) is 0 Å². The second kappa shape index (κ2) is 7.68. The Morgan fingerprint density at radius 2 is 1.75 bits per heavy atom. The first-order valence-corrected chi connectivity index (χ1v) is 9.96. The molecule has 2 amide bonds. The van der Waals surface area contributed by atoms with E-state index in [0.29, 0.717) is 32.3 Å². The van der Waals surface area contributed by atoms with Gasteiger partial charge in [0.1, 0.15) is 11.5 Å². The van der Waals surface area contributed by atoms with Gasteiger partial charge in [0.2, 0.25) is 0 Å². The van der Waals surface area contributed by atoms with Gasteiger partial charge in [-0.05, 0) is 60.3 Å². The monoisotopic (exact) mass is 449 g/mol. The number of carbonyl (C=O) groups excluding carboxylic acids is 2. The molecule has 1 saturated heterocycles. The fraction of sp³-hybridized carbons (Fsp3) is 0. The predicted octanol–water partition coefficient (Wildman–Crippen LogP) is 7.15. The normalized spacial score (nSPS) is 15.7. The van der Waals surface area contributed by atoms with Crippen LogP contribution in [0.3, 0.4) is 0 Å². The highest BCUT2D eigenvalue weighted by atomic mass is 35.5. The van der Waals surface area contributed by atoms with Gasteiger partial charge in [-0.25, -0.2) is 4.90 Å². The third-order valence-corrected chi connectivity index (χ3v) is 5.81. The van der Waals surface area contributed by atoms with E-state index in [1.807, 2.05) is 0 Å². The zero-order chi connectivity index (χ0) is 19.8. The molecule has 0 unspecified atom stereocenters. The van der Waals surface area contributed by atoms with Crippen molar-refractivity contribution in [2.75, 3.05) is 4.90 Å². The molecule has 4 nitrogen and oxygen atoms in total. The van der Waals surface area contributed by atoms with Crippen molar-refractivity contribution in [2.45, 2.75) is 0 Å². The molecule has 0 atom stereocenters.